The van der Waals surface area contributed by atoms with Crippen LogP contribution in [0, 0.1) is 20.8 Å². The number of nitrogens with one attached hydrogen (secondary N) is 1. The van der Waals surface area contributed by atoms with Gasteiger partial charge in [-0.05, 0) is 33.9 Å². The lowest BCUT2D eigenvalue weighted by Crippen LogP contribution is -2.47. The molecule has 0 saturated carbocycles. The molecule has 0 atom stereocenters. The van der Waals surface area contributed by atoms with Crippen molar-refractivity contribution in [2.45, 2.75) is 26.9 Å². The fraction of sp³-hybridized carbons (Fsp3) is 0.455. The first-order valence-electron chi connectivity index (χ1n) is 11.2. The zero-order valence-corrected chi connectivity index (χ0v) is 20.7. The van der Waals surface area contributed by atoms with Gasteiger partial charge in [0.25, 0.3) is 5.95 Å². The molecule has 0 aliphatic carbocycles. The van der Waals surface area contributed by atoms with E-state index in [4.69, 9.17) is 14.3 Å². The third-order valence-electron chi connectivity index (χ3n) is 5.36. The van der Waals surface area contributed by atoms with Crippen molar-refractivity contribution in [3.05, 3.63) is 35.6 Å². The van der Waals surface area contributed by atoms with Gasteiger partial charge in [0.05, 0.1) is 17.9 Å². The molecule has 0 spiro atoms. The molecule has 0 aromatic carbocycles. The van der Waals surface area contributed by atoms with Crippen molar-refractivity contribution in [2.75, 3.05) is 45.1 Å². The van der Waals surface area contributed by atoms with E-state index >= 15 is 0 Å². The maximum Gasteiger partial charge on any atom is 0.490 e. The fourth-order valence-electron chi connectivity index (χ4n) is 3.48. The number of aromatic nitrogens is 5. The third-order valence-corrected chi connectivity index (χ3v) is 5.36. The van der Waals surface area contributed by atoms with Crippen molar-refractivity contribution in [3.63, 3.8) is 0 Å². The minimum absolute atomic E-state index is 0.113. The molecular formula is C22H27F3N8O4. The topological polar surface area (TPSA) is 143 Å². The van der Waals surface area contributed by atoms with E-state index in [0.29, 0.717) is 35.5 Å². The SMILES string of the molecule is Cc1cc(C)n(-c2nc(NC(=O)CN3CCN(C)CC3)cc(-c3ocnc3C)n2)n1.O=C(O)C(F)(F)F. The number of amides is 1. The number of carbonyl (C=O) groups excluding carboxylic acids is 1. The highest BCUT2D eigenvalue weighted by molar-refractivity contribution is 5.91. The number of carboxylic acid groups (broad SMARTS) is 1. The lowest BCUT2D eigenvalue weighted by atomic mass is 10.2. The lowest BCUT2D eigenvalue weighted by Gasteiger charge is -2.31. The number of piperazine rings is 1. The molecule has 1 aliphatic rings. The fourth-order valence-corrected chi connectivity index (χ4v) is 3.48. The standard InChI is InChI=1S/C20H26N8O2.C2HF3O2/c1-13-9-14(2)28(25-13)20-22-16(19-15(3)21-12-30-19)10-17(24-20)23-18(29)11-27-7-5-26(4)6-8-27;3-2(4,5)1(6)7/h9-10,12H,5-8,11H2,1-4H3,(H,22,23,24,29);(H,6,7). The molecule has 1 saturated heterocycles. The molecule has 4 heterocycles. The van der Waals surface area contributed by atoms with Crippen LogP contribution in [0.4, 0.5) is 19.0 Å². The Balaban J connectivity index is 0.000000479. The average Bonchev–Trinajstić information content (AvgIpc) is 3.39. The van der Waals surface area contributed by atoms with Gasteiger partial charge < -0.3 is 19.7 Å². The van der Waals surface area contributed by atoms with Gasteiger partial charge in [0.15, 0.2) is 12.2 Å². The van der Waals surface area contributed by atoms with Crippen LogP contribution in [0.1, 0.15) is 17.1 Å². The normalized spacial score (nSPS) is 14.7. The molecule has 3 aromatic rings. The van der Waals surface area contributed by atoms with E-state index in [-0.39, 0.29) is 5.91 Å². The Kier molecular flexibility index (Phi) is 8.60. The van der Waals surface area contributed by atoms with Crippen molar-refractivity contribution < 1.29 is 32.3 Å². The van der Waals surface area contributed by atoms with Crippen LogP contribution in [0.3, 0.4) is 0 Å². The maximum atomic E-state index is 12.7. The summed E-state index contributed by atoms with van der Waals surface area (Å²) >= 11 is 0. The summed E-state index contributed by atoms with van der Waals surface area (Å²) in [7, 11) is 2.09. The molecular weight excluding hydrogens is 497 g/mol. The molecule has 1 fully saturated rings. The number of likely N-dealkylation sites (N-methyl/N-ethyl adjacent to an activating group) is 1. The summed E-state index contributed by atoms with van der Waals surface area (Å²) < 4.78 is 38.9. The molecule has 0 bridgehead atoms. The molecule has 37 heavy (non-hydrogen) atoms. The largest absolute Gasteiger partial charge is 0.490 e. The molecule has 3 aromatic heterocycles. The van der Waals surface area contributed by atoms with Crippen LogP contribution in [0.25, 0.3) is 17.4 Å². The van der Waals surface area contributed by atoms with Gasteiger partial charge in [-0.2, -0.15) is 23.3 Å². The van der Waals surface area contributed by atoms with Gasteiger partial charge in [-0.15, -0.1) is 0 Å². The minimum atomic E-state index is -5.08. The number of alkyl halides is 3. The Labute approximate surface area is 210 Å². The summed E-state index contributed by atoms with van der Waals surface area (Å²) in [5, 5.41) is 14.5. The molecule has 1 aliphatic heterocycles. The monoisotopic (exact) mass is 524 g/mol. The maximum absolute atomic E-state index is 12.7. The van der Waals surface area contributed by atoms with E-state index < -0.39 is 12.1 Å². The van der Waals surface area contributed by atoms with Crippen molar-refractivity contribution in [1.82, 2.24) is 34.5 Å². The highest BCUT2D eigenvalue weighted by Gasteiger charge is 2.38. The average molecular weight is 525 g/mol. The van der Waals surface area contributed by atoms with Crippen molar-refractivity contribution in [2.24, 2.45) is 0 Å². The molecule has 2 N–H and O–H groups in total. The second-order valence-corrected chi connectivity index (χ2v) is 8.47. The summed E-state index contributed by atoms with van der Waals surface area (Å²) in [6, 6.07) is 3.64. The van der Waals surface area contributed by atoms with Gasteiger partial charge in [0.2, 0.25) is 5.91 Å². The summed E-state index contributed by atoms with van der Waals surface area (Å²) in [6.07, 6.45) is -3.71. The quantitative estimate of drug-likeness (QED) is 0.509. The van der Waals surface area contributed by atoms with Crippen molar-refractivity contribution in [3.8, 4) is 17.4 Å². The van der Waals surface area contributed by atoms with Crippen LogP contribution in [-0.4, -0.2) is 97.5 Å². The first kappa shape index (κ1) is 27.7. The number of hydrogen-bond acceptors (Lipinski definition) is 9. The number of carboxylic acids is 1. The number of hydrogen-bond donors (Lipinski definition) is 2. The molecule has 15 heteroatoms. The van der Waals surface area contributed by atoms with Gasteiger partial charge >= 0.3 is 12.1 Å². The Morgan fingerprint density at radius 1 is 1.11 bits per heavy atom. The van der Waals surface area contributed by atoms with Crippen LogP contribution >= 0.6 is 0 Å². The zero-order chi connectivity index (χ0) is 27.3. The number of nitrogens with zero attached hydrogens (tertiary/aromatic N) is 7. The van der Waals surface area contributed by atoms with Crippen LogP contribution < -0.4 is 5.32 Å². The molecule has 0 unspecified atom stereocenters. The van der Waals surface area contributed by atoms with Crippen molar-refractivity contribution in [1.29, 1.82) is 0 Å². The number of anilines is 1. The van der Waals surface area contributed by atoms with E-state index in [1.807, 2.05) is 26.8 Å². The van der Waals surface area contributed by atoms with Crippen LogP contribution in [0.15, 0.2) is 22.9 Å². The highest BCUT2D eigenvalue weighted by Crippen LogP contribution is 2.24. The Hall–Kier alpha value is -3.85. The van der Waals surface area contributed by atoms with Gasteiger partial charge in [0.1, 0.15) is 11.5 Å². The Morgan fingerprint density at radius 3 is 2.27 bits per heavy atom. The van der Waals surface area contributed by atoms with Gasteiger partial charge in [-0.25, -0.2) is 19.4 Å². The summed E-state index contributed by atoms with van der Waals surface area (Å²) in [6.45, 7) is 9.66. The van der Waals surface area contributed by atoms with Crippen LogP contribution in [-0.2, 0) is 9.59 Å². The second-order valence-electron chi connectivity index (χ2n) is 8.47. The predicted octanol–water partition coefficient (Wildman–Crippen LogP) is 2.06. The molecule has 4 rings (SSSR count). The summed E-state index contributed by atoms with van der Waals surface area (Å²) in [5.41, 5.74) is 3.01. The number of rotatable bonds is 5. The number of halogens is 3. The molecule has 0 radical (unpaired) electrons. The molecule has 200 valence electrons. The van der Waals surface area contributed by atoms with Crippen molar-refractivity contribution >= 4 is 17.7 Å². The van der Waals surface area contributed by atoms with Gasteiger partial charge in [-0.3, -0.25) is 9.69 Å². The highest BCUT2D eigenvalue weighted by atomic mass is 19.4. The first-order chi connectivity index (χ1) is 17.3. The smallest absolute Gasteiger partial charge is 0.475 e. The van der Waals surface area contributed by atoms with E-state index in [0.717, 1.165) is 37.6 Å². The van der Waals surface area contributed by atoms with E-state index in [9.17, 15) is 18.0 Å². The first-order valence-corrected chi connectivity index (χ1v) is 11.2. The Bertz CT molecular complexity index is 1250. The second kappa shape index (κ2) is 11.5. The predicted molar refractivity (Wildman–Crippen MR) is 125 cm³/mol. The Morgan fingerprint density at radius 2 is 1.76 bits per heavy atom. The van der Waals surface area contributed by atoms with E-state index in [1.54, 1.807) is 10.7 Å². The molecule has 12 nitrogen and oxygen atoms in total. The van der Waals surface area contributed by atoms with Crippen LogP contribution in [0.2, 0.25) is 0 Å². The number of aliphatic carboxylic acids is 1. The van der Waals surface area contributed by atoms with E-state index in [1.165, 1.54) is 6.39 Å². The zero-order valence-electron chi connectivity index (χ0n) is 20.7. The van der Waals surface area contributed by atoms with E-state index in [2.05, 4.69) is 42.2 Å². The minimum Gasteiger partial charge on any atom is -0.475 e. The molecule has 1 amide bonds. The summed E-state index contributed by atoms with van der Waals surface area (Å²) in [5.74, 6) is -1.57. The lowest BCUT2D eigenvalue weighted by molar-refractivity contribution is -0.192. The summed E-state index contributed by atoms with van der Waals surface area (Å²) in [4.78, 5) is 39.2. The number of oxazole rings is 1. The van der Waals surface area contributed by atoms with Gasteiger partial charge in [0, 0.05) is 37.9 Å². The van der Waals surface area contributed by atoms with Gasteiger partial charge in [-0.1, -0.05) is 0 Å². The van der Waals surface area contributed by atoms with Crippen LogP contribution in [0.5, 0.6) is 0 Å². The number of carbonyl (C=O) groups is 2. The number of aryl methyl sites for hydroxylation is 3. The third kappa shape index (κ3) is 7.57.